The molecular formula is C37H46N2O7Si. The number of hydrogen-bond donors (Lipinski definition) is 1. The van der Waals surface area contributed by atoms with Crippen molar-refractivity contribution in [3.8, 4) is 11.5 Å². The zero-order chi connectivity index (χ0) is 34.0. The highest BCUT2D eigenvalue weighted by atomic mass is 28.4. The third-order valence-corrected chi connectivity index (χ3v) is 14.0. The second-order valence-electron chi connectivity index (χ2n) is 13.6. The molecule has 1 N–H and O–H groups in total. The van der Waals surface area contributed by atoms with E-state index >= 15 is 0 Å². The number of methoxy groups -OCH3 is 2. The number of benzene rings is 3. The first kappa shape index (κ1) is 34.4. The summed E-state index contributed by atoms with van der Waals surface area (Å²) >= 11 is 0. The second-order valence-corrected chi connectivity index (χ2v) is 18.3. The van der Waals surface area contributed by atoms with Crippen LogP contribution in [-0.4, -0.2) is 50.9 Å². The van der Waals surface area contributed by atoms with E-state index in [0.29, 0.717) is 12.0 Å². The molecule has 0 radical (unpaired) electrons. The lowest BCUT2D eigenvalue weighted by Gasteiger charge is -2.40. The molecule has 1 saturated heterocycles. The van der Waals surface area contributed by atoms with E-state index in [2.05, 4.69) is 51.0 Å². The van der Waals surface area contributed by atoms with E-state index in [4.69, 9.17) is 23.4 Å². The standard InChI is InChI=1S/C37H46N2O7Si/c1-25-23-39(35(41)38-34(25)40)33-22-31(46-47(7,8)36(2,3)4)32(45-33)24-44-37(26-12-10-9-11-13-26,27-14-18-29(42-5)19-15-27)28-16-20-30(43-6)21-17-28/h9-21,23,31-33H,22,24H2,1-8H3,(H,38,40,41)/t31-,32+,33+/m0/s1. The van der Waals surface area contributed by atoms with Crippen molar-refractivity contribution in [1.29, 1.82) is 0 Å². The zero-order valence-corrected chi connectivity index (χ0v) is 29.5. The van der Waals surface area contributed by atoms with Gasteiger partial charge in [-0.25, -0.2) is 4.79 Å². The predicted molar refractivity (Wildman–Crippen MR) is 185 cm³/mol. The monoisotopic (exact) mass is 658 g/mol. The Bertz CT molecular complexity index is 1710. The van der Waals surface area contributed by atoms with Crippen molar-refractivity contribution in [2.45, 2.75) is 76.3 Å². The molecule has 1 aliphatic rings. The Kier molecular flexibility index (Phi) is 9.98. The summed E-state index contributed by atoms with van der Waals surface area (Å²) in [6.45, 7) is 12.8. The van der Waals surface area contributed by atoms with Gasteiger partial charge in [-0.3, -0.25) is 14.3 Å². The molecule has 5 rings (SSSR count). The van der Waals surface area contributed by atoms with Gasteiger partial charge in [0.1, 0.15) is 29.4 Å². The maximum Gasteiger partial charge on any atom is 0.330 e. The minimum absolute atomic E-state index is 0.0537. The van der Waals surface area contributed by atoms with Crippen LogP contribution >= 0.6 is 0 Å². The van der Waals surface area contributed by atoms with Gasteiger partial charge in [-0.1, -0.05) is 75.4 Å². The molecule has 0 saturated carbocycles. The number of aromatic nitrogens is 2. The first-order chi connectivity index (χ1) is 22.3. The average Bonchev–Trinajstić information content (AvgIpc) is 3.45. The second kappa shape index (κ2) is 13.6. The molecule has 3 atom stereocenters. The number of nitrogens with zero attached hydrogens (tertiary/aromatic N) is 1. The first-order valence-corrected chi connectivity index (χ1v) is 18.8. The van der Waals surface area contributed by atoms with Crippen LogP contribution in [0.2, 0.25) is 18.1 Å². The molecule has 2 heterocycles. The van der Waals surface area contributed by atoms with Crippen LogP contribution in [0.5, 0.6) is 11.5 Å². The number of H-pyrrole nitrogens is 1. The molecule has 3 aromatic carbocycles. The fourth-order valence-electron chi connectivity index (χ4n) is 5.78. The molecule has 250 valence electrons. The van der Waals surface area contributed by atoms with Gasteiger partial charge < -0.3 is 23.4 Å². The van der Waals surface area contributed by atoms with Crippen molar-refractivity contribution in [1.82, 2.24) is 9.55 Å². The van der Waals surface area contributed by atoms with E-state index in [0.717, 1.165) is 28.2 Å². The largest absolute Gasteiger partial charge is 0.497 e. The molecule has 0 unspecified atom stereocenters. The molecule has 1 aliphatic heterocycles. The molecular weight excluding hydrogens is 613 g/mol. The van der Waals surface area contributed by atoms with Gasteiger partial charge in [0.25, 0.3) is 5.56 Å². The Hall–Kier alpha value is -3.96. The predicted octanol–water partition coefficient (Wildman–Crippen LogP) is 6.55. The highest BCUT2D eigenvalue weighted by molar-refractivity contribution is 6.74. The van der Waals surface area contributed by atoms with Crippen LogP contribution < -0.4 is 20.7 Å². The van der Waals surface area contributed by atoms with Gasteiger partial charge in [0, 0.05) is 18.2 Å². The van der Waals surface area contributed by atoms with E-state index < -0.39 is 37.5 Å². The van der Waals surface area contributed by atoms with E-state index in [1.54, 1.807) is 27.3 Å². The third kappa shape index (κ3) is 7.01. The molecule has 0 spiro atoms. The Morgan fingerprint density at radius 3 is 1.89 bits per heavy atom. The van der Waals surface area contributed by atoms with Gasteiger partial charge in [-0.2, -0.15) is 0 Å². The number of hydrogen-bond acceptors (Lipinski definition) is 7. The van der Waals surface area contributed by atoms with Gasteiger partial charge in [0.15, 0.2) is 8.32 Å². The summed E-state index contributed by atoms with van der Waals surface area (Å²) < 4.78 is 33.2. The fraction of sp³-hybridized carbons (Fsp3) is 0.405. The Balaban J connectivity index is 1.60. The number of nitrogens with one attached hydrogen (secondary N) is 1. The fourth-order valence-corrected chi connectivity index (χ4v) is 7.14. The summed E-state index contributed by atoms with van der Waals surface area (Å²) in [6.07, 6.45) is 0.458. The van der Waals surface area contributed by atoms with Crippen LogP contribution in [-0.2, 0) is 19.5 Å². The lowest BCUT2D eigenvalue weighted by atomic mass is 9.80. The van der Waals surface area contributed by atoms with Crippen LogP contribution in [0.3, 0.4) is 0 Å². The zero-order valence-electron chi connectivity index (χ0n) is 28.5. The molecule has 0 aliphatic carbocycles. The normalized spacial score (nSPS) is 18.7. The molecule has 4 aromatic rings. The number of rotatable bonds is 11. The lowest BCUT2D eigenvalue weighted by molar-refractivity contribution is -0.0928. The molecule has 1 fully saturated rings. The molecule has 1 aromatic heterocycles. The van der Waals surface area contributed by atoms with Crippen molar-refractivity contribution in [2.75, 3.05) is 20.8 Å². The third-order valence-electron chi connectivity index (χ3n) is 9.53. The Morgan fingerprint density at radius 1 is 0.851 bits per heavy atom. The Labute approximate surface area is 277 Å². The van der Waals surface area contributed by atoms with Crippen molar-refractivity contribution >= 4 is 8.32 Å². The molecule has 0 amide bonds. The van der Waals surface area contributed by atoms with Crippen LogP contribution in [0.25, 0.3) is 0 Å². The van der Waals surface area contributed by atoms with Gasteiger partial charge in [0.05, 0.1) is 26.9 Å². The highest BCUT2D eigenvalue weighted by Crippen LogP contribution is 2.44. The van der Waals surface area contributed by atoms with Gasteiger partial charge in [-0.05, 0) is 66.0 Å². The van der Waals surface area contributed by atoms with Crippen LogP contribution in [0.1, 0.15) is 55.7 Å². The summed E-state index contributed by atoms with van der Waals surface area (Å²) in [5, 5.41) is -0.0537. The Morgan fingerprint density at radius 2 is 1.38 bits per heavy atom. The maximum atomic E-state index is 13.0. The molecule has 10 heteroatoms. The van der Waals surface area contributed by atoms with Crippen LogP contribution in [0.15, 0.2) is 94.6 Å². The van der Waals surface area contributed by atoms with Gasteiger partial charge in [-0.15, -0.1) is 0 Å². The number of aromatic amines is 1. The van der Waals surface area contributed by atoms with E-state index in [1.807, 2.05) is 66.7 Å². The summed E-state index contributed by atoms with van der Waals surface area (Å²) in [5.41, 5.74) is 1.18. The summed E-state index contributed by atoms with van der Waals surface area (Å²) in [5.74, 6) is 1.47. The van der Waals surface area contributed by atoms with Crippen molar-refractivity contribution in [2.24, 2.45) is 0 Å². The van der Waals surface area contributed by atoms with Crippen molar-refractivity contribution < 1.29 is 23.4 Å². The maximum absolute atomic E-state index is 13.0. The van der Waals surface area contributed by atoms with Crippen LogP contribution in [0, 0.1) is 6.92 Å². The van der Waals surface area contributed by atoms with Gasteiger partial charge >= 0.3 is 5.69 Å². The average molecular weight is 659 g/mol. The van der Waals surface area contributed by atoms with E-state index in [1.165, 1.54) is 4.57 Å². The van der Waals surface area contributed by atoms with Crippen LogP contribution in [0.4, 0.5) is 0 Å². The quantitative estimate of drug-likeness (QED) is 0.144. The summed E-state index contributed by atoms with van der Waals surface area (Å²) in [6, 6.07) is 25.8. The van der Waals surface area contributed by atoms with Crippen molar-refractivity contribution in [3.63, 3.8) is 0 Å². The number of aryl methyl sites for hydroxylation is 1. The summed E-state index contributed by atoms with van der Waals surface area (Å²) in [7, 11) is 1.02. The minimum atomic E-state index is -2.27. The first-order valence-electron chi connectivity index (χ1n) is 15.9. The smallest absolute Gasteiger partial charge is 0.330 e. The molecule has 0 bridgehead atoms. The topological polar surface area (TPSA) is 101 Å². The van der Waals surface area contributed by atoms with E-state index in [9.17, 15) is 9.59 Å². The SMILES string of the molecule is COc1ccc(C(OC[C@H]2O[C@@H](n3cc(C)c(=O)[nH]c3=O)C[C@@H]2O[Si](C)(C)C(C)(C)C)(c2ccccc2)c2ccc(OC)cc2)cc1. The number of ether oxygens (including phenoxy) is 4. The van der Waals surface area contributed by atoms with Crippen molar-refractivity contribution in [3.05, 3.63) is 128 Å². The lowest BCUT2D eigenvalue weighted by Crippen LogP contribution is -2.47. The molecule has 9 nitrogen and oxygen atoms in total. The minimum Gasteiger partial charge on any atom is -0.497 e. The highest BCUT2D eigenvalue weighted by Gasteiger charge is 2.47. The summed E-state index contributed by atoms with van der Waals surface area (Å²) in [4.78, 5) is 27.5. The van der Waals surface area contributed by atoms with Gasteiger partial charge in [0.2, 0.25) is 0 Å². The van der Waals surface area contributed by atoms with E-state index in [-0.39, 0.29) is 17.7 Å². The molecule has 47 heavy (non-hydrogen) atoms.